The Morgan fingerprint density at radius 3 is 2.70 bits per heavy atom. The third-order valence-electron chi connectivity index (χ3n) is 7.08. The van der Waals surface area contributed by atoms with Crippen LogP contribution in [0.4, 0.5) is 23.2 Å². The maximum Gasteiger partial charge on any atom is 0.387 e. The zero-order valence-corrected chi connectivity index (χ0v) is 24.5. The van der Waals surface area contributed by atoms with Crippen LogP contribution >= 0.6 is 0 Å². The van der Waals surface area contributed by atoms with Gasteiger partial charge in [-0.1, -0.05) is 0 Å². The first-order chi connectivity index (χ1) is 22.1. The second-order valence-electron chi connectivity index (χ2n) is 10.6. The van der Waals surface area contributed by atoms with Crippen LogP contribution in [0.5, 0.6) is 11.5 Å². The van der Waals surface area contributed by atoms with Crippen LogP contribution in [0.25, 0.3) is 16.9 Å². The summed E-state index contributed by atoms with van der Waals surface area (Å²) >= 11 is 0. The van der Waals surface area contributed by atoms with Crippen molar-refractivity contribution >= 4 is 17.2 Å². The van der Waals surface area contributed by atoms with E-state index in [9.17, 15) is 22.4 Å². The molecule has 1 aromatic carbocycles. The molecule has 0 unspecified atom stereocenters. The number of hydrogen-bond acceptors (Lipinski definition) is 11. The lowest BCUT2D eigenvalue weighted by Crippen LogP contribution is -2.50. The number of aromatic nitrogens is 9. The smallest absolute Gasteiger partial charge is 0.387 e. The second kappa shape index (κ2) is 13.1. The van der Waals surface area contributed by atoms with Crippen molar-refractivity contribution in [3.63, 3.8) is 0 Å². The van der Waals surface area contributed by atoms with Gasteiger partial charge >= 0.3 is 13.2 Å². The van der Waals surface area contributed by atoms with E-state index < -0.39 is 19.1 Å². The summed E-state index contributed by atoms with van der Waals surface area (Å²) in [7, 11) is 4.02. The predicted octanol–water partition coefficient (Wildman–Crippen LogP) is 2.50. The Morgan fingerprint density at radius 1 is 1.13 bits per heavy atom. The van der Waals surface area contributed by atoms with Crippen LogP contribution in [0.1, 0.15) is 22.2 Å². The molecule has 242 valence electrons. The summed E-state index contributed by atoms with van der Waals surface area (Å²) in [5.74, 6) is -1.07. The number of amides is 1. The van der Waals surface area contributed by atoms with Crippen LogP contribution < -0.4 is 14.8 Å². The molecule has 0 atom stereocenters. The highest BCUT2D eigenvalue weighted by Crippen LogP contribution is 2.38. The minimum absolute atomic E-state index is 0.0174. The van der Waals surface area contributed by atoms with E-state index in [4.69, 9.17) is 0 Å². The molecule has 46 heavy (non-hydrogen) atoms. The monoisotopic (exact) mass is 644 g/mol. The molecule has 1 aliphatic heterocycles. The minimum atomic E-state index is -3.24. The lowest BCUT2D eigenvalue weighted by molar-refractivity contribution is -0.0526. The van der Waals surface area contributed by atoms with Crippen LogP contribution in [0.15, 0.2) is 49.1 Å². The standard InChI is InChI=1S/C27H28F4N12O3/c1-39(2)8-9-40-12-16(13-40)43-36-22(35-38-43)15-41-14-20(34-25(44)19-11-33-42-7-3-6-32-24(19)42)23(37-41)18-10-17(45-26(28)29)4-5-21(18)46-27(30)31/h3-7,10-11,14,16,26-27H,8-9,12-13,15H2,1-2H3,(H,34,44). The fraction of sp³-hybridized carbons (Fsp3) is 0.370. The first-order valence-electron chi connectivity index (χ1n) is 14.0. The van der Waals surface area contributed by atoms with Gasteiger partial charge in [0.2, 0.25) is 0 Å². The number of tetrazole rings is 1. The highest BCUT2D eigenvalue weighted by molar-refractivity contribution is 6.09. The normalized spacial score (nSPS) is 14.0. The zero-order chi connectivity index (χ0) is 32.4. The summed E-state index contributed by atoms with van der Waals surface area (Å²) in [5.41, 5.74) is 0.199. The third kappa shape index (κ3) is 6.89. The molecule has 5 aromatic rings. The van der Waals surface area contributed by atoms with Crippen LogP contribution in [0.2, 0.25) is 0 Å². The van der Waals surface area contributed by atoms with E-state index in [1.165, 1.54) is 32.6 Å². The number of nitrogens with one attached hydrogen (secondary N) is 1. The zero-order valence-electron chi connectivity index (χ0n) is 24.5. The van der Waals surface area contributed by atoms with Gasteiger partial charge in [0.1, 0.15) is 29.3 Å². The van der Waals surface area contributed by atoms with Crippen molar-refractivity contribution in [1.82, 2.24) is 54.4 Å². The number of alkyl halides is 4. The molecule has 1 amide bonds. The molecule has 4 aromatic heterocycles. The van der Waals surface area contributed by atoms with Gasteiger partial charge in [-0.3, -0.25) is 14.4 Å². The van der Waals surface area contributed by atoms with Crippen molar-refractivity contribution < 1.29 is 31.8 Å². The quantitative estimate of drug-likeness (QED) is 0.189. The predicted molar refractivity (Wildman–Crippen MR) is 153 cm³/mol. The van der Waals surface area contributed by atoms with Gasteiger partial charge in [0, 0.05) is 44.8 Å². The van der Waals surface area contributed by atoms with Crippen LogP contribution in [0.3, 0.4) is 0 Å². The summed E-state index contributed by atoms with van der Waals surface area (Å²) in [4.78, 5) is 23.5. The largest absolute Gasteiger partial charge is 0.435 e. The summed E-state index contributed by atoms with van der Waals surface area (Å²) in [6.45, 7) is -3.05. The molecular formula is C27H28F4N12O3. The van der Waals surface area contributed by atoms with Gasteiger partial charge in [-0.05, 0) is 43.6 Å². The van der Waals surface area contributed by atoms with Crippen molar-refractivity contribution in [3.05, 3.63) is 60.4 Å². The number of hydrogen-bond donors (Lipinski definition) is 1. The molecule has 15 nitrogen and oxygen atoms in total. The number of carbonyl (C=O) groups excluding carboxylic acids is 1. The Hall–Kier alpha value is -5.17. The van der Waals surface area contributed by atoms with Crippen molar-refractivity contribution in [2.75, 3.05) is 45.6 Å². The van der Waals surface area contributed by atoms with Crippen molar-refractivity contribution in [2.24, 2.45) is 0 Å². The van der Waals surface area contributed by atoms with E-state index in [1.54, 1.807) is 12.3 Å². The van der Waals surface area contributed by atoms with Gasteiger partial charge in [-0.2, -0.15) is 32.6 Å². The molecule has 1 saturated heterocycles. The lowest BCUT2D eigenvalue weighted by atomic mass is 10.1. The minimum Gasteiger partial charge on any atom is -0.435 e. The van der Waals surface area contributed by atoms with Gasteiger partial charge < -0.3 is 19.7 Å². The Morgan fingerprint density at radius 2 is 1.93 bits per heavy atom. The maximum absolute atomic E-state index is 13.4. The van der Waals surface area contributed by atoms with E-state index in [2.05, 4.69) is 55.2 Å². The van der Waals surface area contributed by atoms with Gasteiger partial charge in [0.15, 0.2) is 11.5 Å². The second-order valence-corrected chi connectivity index (χ2v) is 10.6. The summed E-state index contributed by atoms with van der Waals surface area (Å²) < 4.78 is 64.7. The Labute approximate surface area is 258 Å². The van der Waals surface area contributed by atoms with Crippen LogP contribution in [0, 0.1) is 0 Å². The van der Waals surface area contributed by atoms with Gasteiger partial charge in [0.05, 0.1) is 23.5 Å². The number of fused-ring (bicyclic) bond motifs is 1. The summed E-state index contributed by atoms with van der Waals surface area (Å²) in [5, 5.41) is 24.0. The number of carbonyl (C=O) groups is 1. The molecule has 5 heterocycles. The Bertz CT molecular complexity index is 1820. The third-order valence-corrected chi connectivity index (χ3v) is 7.08. The van der Waals surface area contributed by atoms with E-state index in [0.717, 1.165) is 44.4 Å². The van der Waals surface area contributed by atoms with Crippen molar-refractivity contribution in [3.8, 4) is 22.8 Å². The average molecular weight is 645 g/mol. The molecule has 1 fully saturated rings. The maximum atomic E-state index is 13.4. The van der Waals surface area contributed by atoms with Crippen molar-refractivity contribution in [1.29, 1.82) is 0 Å². The van der Waals surface area contributed by atoms with Crippen LogP contribution in [-0.2, 0) is 6.54 Å². The van der Waals surface area contributed by atoms with Crippen LogP contribution in [-0.4, -0.2) is 114 Å². The van der Waals surface area contributed by atoms with Gasteiger partial charge in [-0.15, -0.1) is 10.2 Å². The molecule has 1 N–H and O–H groups in total. The number of ether oxygens (including phenoxy) is 2. The molecule has 0 radical (unpaired) electrons. The number of likely N-dealkylation sites (tertiary alicyclic amines) is 1. The number of benzene rings is 1. The first kappa shape index (κ1) is 30.8. The number of rotatable bonds is 13. The highest BCUT2D eigenvalue weighted by Gasteiger charge is 2.30. The topological polar surface area (TPSA) is 146 Å². The first-order valence-corrected chi connectivity index (χ1v) is 14.0. The Balaban J connectivity index is 1.30. The molecule has 0 spiro atoms. The van der Waals surface area contributed by atoms with E-state index in [-0.39, 0.29) is 52.2 Å². The van der Waals surface area contributed by atoms with E-state index >= 15 is 0 Å². The summed E-state index contributed by atoms with van der Waals surface area (Å²) in [6.07, 6.45) is 5.83. The number of anilines is 1. The van der Waals surface area contributed by atoms with E-state index in [0.29, 0.717) is 5.82 Å². The molecule has 19 heteroatoms. The lowest BCUT2D eigenvalue weighted by Gasteiger charge is -2.38. The highest BCUT2D eigenvalue weighted by atomic mass is 19.3. The Kier molecular flexibility index (Phi) is 8.75. The fourth-order valence-electron chi connectivity index (χ4n) is 4.87. The van der Waals surface area contributed by atoms with E-state index in [1.807, 2.05) is 14.1 Å². The molecular weight excluding hydrogens is 616 g/mol. The van der Waals surface area contributed by atoms with Gasteiger partial charge in [-0.25, -0.2) is 9.50 Å². The number of nitrogens with zero attached hydrogens (tertiary/aromatic N) is 11. The fourth-order valence-corrected chi connectivity index (χ4v) is 4.87. The van der Waals surface area contributed by atoms with Gasteiger partial charge in [0.25, 0.3) is 5.91 Å². The SMILES string of the molecule is CN(C)CCN1CC(n2nnc(Cn3cc(NC(=O)c4cnn5cccnc45)c(-c4cc(OC(F)F)ccc4OC(F)F)n3)n2)C1. The van der Waals surface area contributed by atoms with Crippen molar-refractivity contribution in [2.45, 2.75) is 25.8 Å². The molecule has 0 bridgehead atoms. The number of likely N-dealkylation sites (N-methyl/N-ethyl adjacent to an activating group) is 1. The molecule has 1 aliphatic rings. The molecule has 0 aliphatic carbocycles. The molecule has 0 saturated carbocycles. The molecule has 6 rings (SSSR count). The summed E-state index contributed by atoms with van der Waals surface area (Å²) in [6, 6.07) is 4.86. The number of halogens is 4. The average Bonchev–Trinajstić information content (AvgIpc) is 3.71.